The molecule has 3 N–H and O–H groups in total. The zero-order chi connectivity index (χ0) is 10.4. The molecule has 0 radical (unpaired) electrons. The van der Waals surface area contributed by atoms with Gasteiger partial charge in [-0.25, -0.2) is 0 Å². The van der Waals surface area contributed by atoms with Gasteiger partial charge in [-0.2, -0.15) is 0 Å². The highest BCUT2D eigenvalue weighted by molar-refractivity contribution is 4.81. The second kappa shape index (κ2) is 5.88. The smallest absolute Gasteiger partial charge is 0.0885 e. The van der Waals surface area contributed by atoms with Crippen molar-refractivity contribution < 1.29 is 0 Å². The van der Waals surface area contributed by atoms with Gasteiger partial charge in [0.25, 0.3) is 0 Å². The van der Waals surface area contributed by atoms with Crippen LogP contribution >= 0.6 is 0 Å². The second-order valence-electron chi connectivity index (χ2n) is 3.95. The highest BCUT2D eigenvalue weighted by atomic mass is 15.2. The average Bonchev–Trinajstić information content (AvgIpc) is 2.15. The van der Waals surface area contributed by atoms with Crippen molar-refractivity contribution in [1.29, 1.82) is 0 Å². The highest BCUT2D eigenvalue weighted by Crippen LogP contribution is 1.99. The Morgan fingerprint density at radius 2 is 2.00 bits per heavy atom. The van der Waals surface area contributed by atoms with Crippen molar-refractivity contribution in [2.24, 2.45) is 5.73 Å². The number of nitrogens with two attached hydrogens (primary N) is 1. The highest BCUT2D eigenvalue weighted by Gasteiger charge is 2.12. The molecule has 1 heterocycles. The zero-order valence-electron chi connectivity index (χ0n) is 9.13. The predicted molar refractivity (Wildman–Crippen MR) is 59.9 cm³/mol. The van der Waals surface area contributed by atoms with Gasteiger partial charge in [0.2, 0.25) is 0 Å². The molecule has 14 heavy (non-hydrogen) atoms. The first-order valence-electron chi connectivity index (χ1n) is 5.27. The maximum Gasteiger partial charge on any atom is 0.0885 e. The van der Waals surface area contributed by atoms with Crippen LogP contribution < -0.4 is 11.1 Å². The molecule has 0 saturated carbocycles. The molecule has 0 amide bonds. The van der Waals surface area contributed by atoms with E-state index in [4.69, 9.17) is 5.73 Å². The fourth-order valence-corrected chi connectivity index (χ4v) is 1.62. The Kier molecular flexibility index (Phi) is 4.76. The van der Waals surface area contributed by atoms with E-state index >= 15 is 0 Å². The van der Waals surface area contributed by atoms with Crippen LogP contribution in [0.5, 0.6) is 0 Å². The van der Waals surface area contributed by atoms with E-state index in [0.717, 1.165) is 19.5 Å². The van der Waals surface area contributed by atoms with Crippen LogP contribution in [0.3, 0.4) is 0 Å². The van der Waals surface area contributed by atoms with Gasteiger partial charge >= 0.3 is 0 Å². The summed E-state index contributed by atoms with van der Waals surface area (Å²) in [7, 11) is 2.18. The van der Waals surface area contributed by atoms with Crippen molar-refractivity contribution in [3.8, 4) is 0 Å². The SMILES string of the molecule is C=C(N)NCCCN1CCN(C)CC1. The predicted octanol–water partition coefficient (Wildman–Crippen LogP) is -0.357. The molecular formula is C10H22N4. The fourth-order valence-electron chi connectivity index (χ4n) is 1.62. The first-order chi connectivity index (χ1) is 6.68. The third-order valence-electron chi connectivity index (χ3n) is 2.60. The quantitative estimate of drug-likeness (QED) is 0.592. The molecule has 0 unspecified atom stereocenters. The van der Waals surface area contributed by atoms with Crippen LogP contribution in [0.2, 0.25) is 0 Å². The summed E-state index contributed by atoms with van der Waals surface area (Å²) >= 11 is 0. The molecule has 1 rings (SSSR count). The summed E-state index contributed by atoms with van der Waals surface area (Å²) in [5, 5.41) is 3.04. The maximum absolute atomic E-state index is 5.40. The lowest BCUT2D eigenvalue weighted by Crippen LogP contribution is -2.45. The van der Waals surface area contributed by atoms with Gasteiger partial charge < -0.3 is 20.9 Å². The van der Waals surface area contributed by atoms with Crippen LogP contribution in [0.4, 0.5) is 0 Å². The molecule has 0 aliphatic carbocycles. The summed E-state index contributed by atoms with van der Waals surface area (Å²) in [6.07, 6.45) is 1.14. The van der Waals surface area contributed by atoms with Crippen LogP contribution in [0, 0.1) is 0 Å². The molecule has 0 aromatic rings. The molecule has 1 aliphatic rings. The van der Waals surface area contributed by atoms with Crippen molar-refractivity contribution >= 4 is 0 Å². The molecule has 4 nitrogen and oxygen atoms in total. The molecule has 82 valence electrons. The minimum absolute atomic E-state index is 0.573. The number of nitrogens with zero attached hydrogens (tertiary/aromatic N) is 2. The van der Waals surface area contributed by atoms with E-state index in [1.807, 2.05) is 0 Å². The summed E-state index contributed by atoms with van der Waals surface area (Å²) in [6.45, 7) is 10.5. The van der Waals surface area contributed by atoms with Crippen LogP contribution in [-0.4, -0.2) is 56.1 Å². The van der Waals surface area contributed by atoms with Crippen molar-refractivity contribution in [3.63, 3.8) is 0 Å². The number of likely N-dealkylation sites (N-methyl/N-ethyl adjacent to an activating group) is 1. The van der Waals surface area contributed by atoms with E-state index in [1.54, 1.807) is 0 Å². The van der Waals surface area contributed by atoms with Gasteiger partial charge in [0.1, 0.15) is 0 Å². The lowest BCUT2D eigenvalue weighted by atomic mass is 10.3. The molecular weight excluding hydrogens is 176 g/mol. The molecule has 0 aromatic carbocycles. The van der Waals surface area contributed by atoms with Crippen LogP contribution in [0.25, 0.3) is 0 Å². The zero-order valence-corrected chi connectivity index (χ0v) is 9.13. The summed E-state index contributed by atoms with van der Waals surface area (Å²) < 4.78 is 0. The Balaban J connectivity index is 1.99. The lowest BCUT2D eigenvalue weighted by Gasteiger charge is -2.32. The Morgan fingerprint density at radius 1 is 1.36 bits per heavy atom. The standard InChI is InChI=1S/C10H22N4/c1-10(11)12-4-3-5-14-8-6-13(2)7-9-14/h12H,1,3-9,11H2,2H3. The van der Waals surface area contributed by atoms with Crippen LogP contribution in [0.15, 0.2) is 12.4 Å². The van der Waals surface area contributed by atoms with E-state index in [-0.39, 0.29) is 0 Å². The van der Waals surface area contributed by atoms with Gasteiger partial charge in [-0.3, -0.25) is 0 Å². The van der Waals surface area contributed by atoms with E-state index < -0.39 is 0 Å². The average molecular weight is 198 g/mol. The Bertz CT molecular complexity index is 173. The Labute approximate surface area is 86.7 Å². The number of nitrogens with one attached hydrogen (secondary N) is 1. The third-order valence-corrected chi connectivity index (χ3v) is 2.60. The molecule has 0 aromatic heterocycles. The minimum Gasteiger partial charge on any atom is -0.386 e. The van der Waals surface area contributed by atoms with E-state index in [9.17, 15) is 0 Å². The molecule has 0 bridgehead atoms. The third kappa shape index (κ3) is 4.48. The van der Waals surface area contributed by atoms with E-state index in [2.05, 4.69) is 28.7 Å². The van der Waals surface area contributed by atoms with E-state index in [0.29, 0.717) is 5.82 Å². The largest absolute Gasteiger partial charge is 0.386 e. The van der Waals surface area contributed by atoms with Gasteiger partial charge in [-0.05, 0) is 20.0 Å². The Morgan fingerprint density at radius 3 is 2.57 bits per heavy atom. The van der Waals surface area contributed by atoms with Gasteiger partial charge in [0.15, 0.2) is 0 Å². The first kappa shape index (κ1) is 11.3. The fraction of sp³-hybridized carbons (Fsp3) is 0.800. The topological polar surface area (TPSA) is 44.5 Å². The molecule has 1 aliphatic heterocycles. The lowest BCUT2D eigenvalue weighted by molar-refractivity contribution is 0.153. The first-order valence-corrected chi connectivity index (χ1v) is 5.27. The van der Waals surface area contributed by atoms with Crippen molar-refractivity contribution in [2.75, 3.05) is 46.3 Å². The molecule has 1 fully saturated rings. The molecule has 4 heteroatoms. The minimum atomic E-state index is 0.573. The number of hydrogen-bond acceptors (Lipinski definition) is 4. The summed E-state index contributed by atoms with van der Waals surface area (Å²) in [5.74, 6) is 0.573. The van der Waals surface area contributed by atoms with Gasteiger partial charge in [-0.1, -0.05) is 6.58 Å². The summed E-state index contributed by atoms with van der Waals surface area (Å²) in [5.41, 5.74) is 5.40. The summed E-state index contributed by atoms with van der Waals surface area (Å²) in [4.78, 5) is 4.87. The monoisotopic (exact) mass is 198 g/mol. The number of hydrogen-bond donors (Lipinski definition) is 2. The normalized spacial score (nSPS) is 19.5. The number of piperazine rings is 1. The van der Waals surface area contributed by atoms with Crippen molar-refractivity contribution in [1.82, 2.24) is 15.1 Å². The van der Waals surface area contributed by atoms with Gasteiger partial charge in [0.05, 0.1) is 5.82 Å². The number of rotatable bonds is 5. The van der Waals surface area contributed by atoms with Gasteiger partial charge in [-0.15, -0.1) is 0 Å². The van der Waals surface area contributed by atoms with E-state index in [1.165, 1.54) is 26.2 Å². The van der Waals surface area contributed by atoms with Crippen LogP contribution in [-0.2, 0) is 0 Å². The molecule has 0 spiro atoms. The Hall–Kier alpha value is -0.740. The molecule has 0 atom stereocenters. The van der Waals surface area contributed by atoms with Crippen molar-refractivity contribution in [2.45, 2.75) is 6.42 Å². The molecule has 1 saturated heterocycles. The van der Waals surface area contributed by atoms with Gasteiger partial charge in [0, 0.05) is 32.7 Å². The van der Waals surface area contributed by atoms with Crippen molar-refractivity contribution in [3.05, 3.63) is 12.4 Å². The summed E-state index contributed by atoms with van der Waals surface area (Å²) in [6, 6.07) is 0. The maximum atomic E-state index is 5.40. The van der Waals surface area contributed by atoms with Crippen LogP contribution in [0.1, 0.15) is 6.42 Å². The second-order valence-corrected chi connectivity index (χ2v) is 3.95.